The van der Waals surface area contributed by atoms with Gasteiger partial charge in [0.2, 0.25) is 15.9 Å². The van der Waals surface area contributed by atoms with Crippen molar-refractivity contribution in [2.24, 2.45) is 0 Å². The van der Waals surface area contributed by atoms with Gasteiger partial charge in [-0.1, -0.05) is 0 Å². The van der Waals surface area contributed by atoms with Gasteiger partial charge in [-0.2, -0.15) is 0 Å². The van der Waals surface area contributed by atoms with Crippen molar-refractivity contribution in [3.63, 3.8) is 0 Å². The number of amides is 1. The van der Waals surface area contributed by atoms with Crippen LogP contribution in [0, 0.1) is 0 Å². The van der Waals surface area contributed by atoms with Crippen LogP contribution >= 0.6 is 0 Å². The molecule has 0 unspecified atom stereocenters. The number of carbonyl (C=O) groups is 2. The quantitative estimate of drug-likeness (QED) is 0.383. The van der Waals surface area contributed by atoms with Crippen LogP contribution in [0.15, 0.2) is 12.2 Å². The van der Waals surface area contributed by atoms with Gasteiger partial charge in [-0.3, -0.25) is 4.79 Å². The third kappa shape index (κ3) is 10.7. The van der Waals surface area contributed by atoms with Crippen molar-refractivity contribution in [1.82, 2.24) is 10.0 Å². The number of nitrogens with one attached hydrogen (secondary N) is 2. The maximum absolute atomic E-state index is 10.9. The zero-order chi connectivity index (χ0) is 12.6. The van der Waals surface area contributed by atoms with Gasteiger partial charge in [0.25, 0.3) is 0 Å². The van der Waals surface area contributed by atoms with E-state index in [1.807, 2.05) is 0 Å². The summed E-state index contributed by atoms with van der Waals surface area (Å²) in [7, 11) is -3.20. The summed E-state index contributed by atoms with van der Waals surface area (Å²) >= 11 is 0. The molecule has 8 heteroatoms. The van der Waals surface area contributed by atoms with Crippen LogP contribution in [0.25, 0.3) is 0 Å². The Morgan fingerprint density at radius 1 is 1.25 bits per heavy atom. The highest BCUT2D eigenvalue weighted by atomic mass is 32.2. The molecule has 0 fully saturated rings. The van der Waals surface area contributed by atoms with Gasteiger partial charge in [-0.15, -0.1) is 0 Å². The van der Waals surface area contributed by atoms with Crippen molar-refractivity contribution in [2.45, 2.75) is 6.42 Å². The van der Waals surface area contributed by atoms with Crippen molar-refractivity contribution >= 4 is 21.9 Å². The predicted molar refractivity (Wildman–Crippen MR) is 57.2 cm³/mol. The molecule has 16 heavy (non-hydrogen) atoms. The molecule has 0 aromatic heterocycles. The van der Waals surface area contributed by atoms with Crippen LogP contribution in [-0.2, 0) is 19.6 Å². The van der Waals surface area contributed by atoms with Crippen LogP contribution in [0.3, 0.4) is 0 Å². The number of aliphatic carboxylic acids is 1. The lowest BCUT2D eigenvalue weighted by Gasteiger charge is -2.02. The molecule has 0 aliphatic heterocycles. The Balaban J connectivity index is 3.60. The topological polar surface area (TPSA) is 113 Å². The number of rotatable bonds is 7. The summed E-state index contributed by atoms with van der Waals surface area (Å²) in [5.74, 6) is -1.73. The van der Waals surface area contributed by atoms with Crippen molar-refractivity contribution in [1.29, 1.82) is 0 Å². The van der Waals surface area contributed by atoms with Crippen molar-refractivity contribution in [2.75, 3.05) is 19.3 Å². The summed E-state index contributed by atoms with van der Waals surface area (Å²) in [6.07, 6.45) is 3.09. The fourth-order valence-corrected chi connectivity index (χ4v) is 1.28. The largest absolute Gasteiger partial charge is 0.478 e. The molecular formula is C8H14N2O5S. The summed E-state index contributed by atoms with van der Waals surface area (Å²) in [5.41, 5.74) is 0. The fourth-order valence-electron chi connectivity index (χ4n) is 0.763. The van der Waals surface area contributed by atoms with Crippen molar-refractivity contribution in [3.05, 3.63) is 12.2 Å². The Kier molecular flexibility index (Phi) is 6.35. The maximum Gasteiger partial charge on any atom is 0.328 e. The normalized spacial score (nSPS) is 11.6. The highest BCUT2D eigenvalue weighted by Gasteiger charge is 1.99. The van der Waals surface area contributed by atoms with E-state index in [0.29, 0.717) is 6.42 Å². The molecule has 0 saturated heterocycles. The summed E-state index contributed by atoms with van der Waals surface area (Å²) in [6, 6.07) is 0. The number of carbonyl (C=O) groups excluding carboxylic acids is 1. The average molecular weight is 250 g/mol. The van der Waals surface area contributed by atoms with Crippen molar-refractivity contribution < 1.29 is 23.1 Å². The minimum Gasteiger partial charge on any atom is -0.478 e. The van der Waals surface area contributed by atoms with Gasteiger partial charge in [0.1, 0.15) is 0 Å². The predicted octanol–water partition coefficient (Wildman–Crippen LogP) is -1.32. The summed E-state index contributed by atoms with van der Waals surface area (Å²) < 4.78 is 23.5. The molecule has 3 N–H and O–H groups in total. The maximum atomic E-state index is 10.9. The fraction of sp³-hybridized carbons (Fsp3) is 0.500. The molecule has 0 aliphatic rings. The number of hydrogen-bond donors (Lipinski definition) is 3. The summed E-state index contributed by atoms with van der Waals surface area (Å²) in [6.45, 7) is 0.493. The minimum absolute atomic E-state index is 0.224. The van der Waals surface area contributed by atoms with Gasteiger partial charge in [0, 0.05) is 25.2 Å². The van der Waals surface area contributed by atoms with Crippen LogP contribution in [-0.4, -0.2) is 44.7 Å². The van der Waals surface area contributed by atoms with E-state index in [4.69, 9.17) is 5.11 Å². The van der Waals surface area contributed by atoms with Crippen LogP contribution < -0.4 is 10.0 Å². The average Bonchev–Trinajstić information content (AvgIpc) is 2.12. The zero-order valence-electron chi connectivity index (χ0n) is 8.76. The molecule has 0 spiro atoms. The molecule has 1 amide bonds. The summed E-state index contributed by atoms with van der Waals surface area (Å²) in [4.78, 5) is 21.0. The standard InChI is InChI=1S/C8H14N2O5S/c1-16(14,15)10-6-2-5-9-7(11)3-4-8(12)13/h3-4,10H,2,5-6H2,1H3,(H,9,11)(H,12,13)/b4-3+. The lowest BCUT2D eigenvalue weighted by Crippen LogP contribution is -2.28. The van der Waals surface area contributed by atoms with E-state index in [1.165, 1.54) is 0 Å². The molecule has 0 radical (unpaired) electrons. The van der Waals surface area contributed by atoms with E-state index in [-0.39, 0.29) is 13.1 Å². The molecule has 0 saturated carbocycles. The van der Waals surface area contributed by atoms with E-state index in [0.717, 1.165) is 18.4 Å². The molecule has 0 aromatic carbocycles. The van der Waals surface area contributed by atoms with Gasteiger partial charge < -0.3 is 10.4 Å². The molecule has 92 valence electrons. The van der Waals surface area contributed by atoms with Crippen LogP contribution in [0.2, 0.25) is 0 Å². The monoisotopic (exact) mass is 250 g/mol. The number of carboxylic acids is 1. The zero-order valence-corrected chi connectivity index (χ0v) is 9.58. The molecular weight excluding hydrogens is 236 g/mol. The third-order valence-electron chi connectivity index (χ3n) is 1.39. The Morgan fingerprint density at radius 3 is 2.38 bits per heavy atom. The van der Waals surface area contributed by atoms with E-state index in [9.17, 15) is 18.0 Å². The molecule has 0 rings (SSSR count). The first kappa shape index (κ1) is 14.6. The SMILES string of the molecule is CS(=O)(=O)NCCCNC(=O)/C=C/C(=O)O. The lowest BCUT2D eigenvalue weighted by molar-refractivity contribution is -0.131. The Bertz CT molecular complexity index is 374. The first-order valence-corrected chi connectivity index (χ1v) is 6.34. The Morgan fingerprint density at radius 2 is 1.88 bits per heavy atom. The molecule has 0 heterocycles. The Labute approximate surface area is 93.6 Å². The molecule has 0 atom stereocenters. The van der Waals surface area contributed by atoms with Crippen LogP contribution in [0.1, 0.15) is 6.42 Å². The second-order valence-corrected chi connectivity index (χ2v) is 4.82. The summed E-state index contributed by atoms with van der Waals surface area (Å²) in [5, 5.41) is 10.6. The van der Waals surface area contributed by atoms with E-state index in [2.05, 4.69) is 10.0 Å². The number of carboxylic acid groups (broad SMARTS) is 1. The van der Waals surface area contributed by atoms with Crippen LogP contribution in [0.5, 0.6) is 0 Å². The highest BCUT2D eigenvalue weighted by Crippen LogP contribution is 1.80. The van der Waals surface area contributed by atoms with Gasteiger partial charge in [0.15, 0.2) is 0 Å². The minimum atomic E-state index is -3.20. The highest BCUT2D eigenvalue weighted by molar-refractivity contribution is 7.88. The Hall–Kier alpha value is -1.41. The van der Waals surface area contributed by atoms with Gasteiger partial charge >= 0.3 is 5.97 Å². The first-order chi connectivity index (χ1) is 7.31. The second-order valence-electron chi connectivity index (χ2n) is 2.98. The van der Waals surface area contributed by atoms with Crippen molar-refractivity contribution in [3.8, 4) is 0 Å². The first-order valence-electron chi connectivity index (χ1n) is 4.45. The molecule has 0 bridgehead atoms. The lowest BCUT2D eigenvalue weighted by atomic mass is 10.4. The van der Waals surface area contributed by atoms with Gasteiger partial charge in [0.05, 0.1) is 6.26 Å². The van der Waals surface area contributed by atoms with E-state index < -0.39 is 21.9 Å². The van der Waals surface area contributed by atoms with E-state index in [1.54, 1.807) is 0 Å². The molecule has 7 nitrogen and oxygen atoms in total. The van der Waals surface area contributed by atoms with E-state index >= 15 is 0 Å². The van der Waals surface area contributed by atoms with Gasteiger partial charge in [-0.25, -0.2) is 17.9 Å². The third-order valence-corrected chi connectivity index (χ3v) is 2.12. The molecule has 0 aliphatic carbocycles. The molecule has 0 aromatic rings. The second kappa shape index (κ2) is 6.96. The van der Waals surface area contributed by atoms with Gasteiger partial charge in [-0.05, 0) is 6.42 Å². The smallest absolute Gasteiger partial charge is 0.328 e. The number of hydrogen-bond acceptors (Lipinski definition) is 4. The van der Waals surface area contributed by atoms with Crippen LogP contribution in [0.4, 0.5) is 0 Å². The number of sulfonamides is 1.